The molecule has 0 spiro atoms. The maximum atomic E-state index is 10.7. The van der Waals surface area contributed by atoms with Crippen LogP contribution in [0.4, 0.5) is 11.4 Å². The Hall–Kier alpha value is -1.91. The number of anilines is 1. The van der Waals surface area contributed by atoms with E-state index in [-0.39, 0.29) is 23.0 Å². The fourth-order valence-electron chi connectivity index (χ4n) is 0.893. The Balaban J connectivity index is 3.07. The van der Waals surface area contributed by atoms with E-state index in [9.17, 15) is 9.70 Å². The van der Waals surface area contributed by atoms with E-state index in [1.807, 2.05) is 0 Å². The van der Waals surface area contributed by atoms with Crippen molar-refractivity contribution < 1.29 is 9.90 Å². The van der Waals surface area contributed by atoms with E-state index in [0.29, 0.717) is 0 Å². The zero-order valence-electron chi connectivity index (χ0n) is 6.94. The second-order valence-electron chi connectivity index (χ2n) is 2.47. The molecule has 0 unspecified atom stereocenters. The lowest BCUT2D eigenvalue weighted by atomic mass is 10.2. The minimum absolute atomic E-state index is 0.0313. The highest BCUT2D eigenvalue weighted by atomic mass is 16.3. The molecule has 0 saturated carbocycles. The molecule has 0 aliphatic rings. The van der Waals surface area contributed by atoms with Crippen LogP contribution < -0.4 is 5.32 Å². The molecule has 0 aliphatic carbocycles. The molecule has 0 atom stereocenters. The van der Waals surface area contributed by atoms with Crippen molar-refractivity contribution >= 4 is 17.3 Å². The lowest BCUT2D eigenvalue weighted by molar-refractivity contribution is -0.114. The molecule has 5 heteroatoms. The van der Waals surface area contributed by atoms with Gasteiger partial charge in [-0.2, -0.15) is 0 Å². The Morgan fingerprint density at radius 2 is 2.23 bits per heavy atom. The molecule has 68 valence electrons. The molecular weight excluding hydrogens is 172 g/mol. The number of benzene rings is 1. The summed E-state index contributed by atoms with van der Waals surface area (Å²) in [5, 5.41) is 14.1. The van der Waals surface area contributed by atoms with Gasteiger partial charge < -0.3 is 10.4 Å². The highest BCUT2D eigenvalue weighted by Crippen LogP contribution is 2.28. The van der Waals surface area contributed by atoms with Crippen molar-refractivity contribution in [3.8, 4) is 5.75 Å². The maximum absolute atomic E-state index is 10.7. The van der Waals surface area contributed by atoms with E-state index in [1.165, 1.54) is 25.1 Å². The predicted octanol–water partition coefficient (Wildman–Crippen LogP) is 1.75. The van der Waals surface area contributed by atoms with Gasteiger partial charge >= 0.3 is 0 Å². The van der Waals surface area contributed by atoms with Crippen LogP contribution >= 0.6 is 0 Å². The van der Waals surface area contributed by atoms with Gasteiger partial charge in [-0.3, -0.25) is 4.79 Å². The molecule has 2 N–H and O–H groups in total. The van der Waals surface area contributed by atoms with Gasteiger partial charge in [0.1, 0.15) is 11.4 Å². The molecule has 0 bridgehead atoms. The summed E-state index contributed by atoms with van der Waals surface area (Å²) in [6.45, 7) is 1.30. The normalized spacial score (nSPS) is 9.31. The Bertz CT molecular complexity index is 349. The summed E-state index contributed by atoms with van der Waals surface area (Å²) in [4.78, 5) is 20.9. The lowest BCUT2D eigenvalue weighted by Gasteiger charge is -2.03. The van der Waals surface area contributed by atoms with Crippen LogP contribution in [0, 0.1) is 4.91 Å². The summed E-state index contributed by atoms with van der Waals surface area (Å²) in [5.41, 5.74) is 0.301. The van der Waals surface area contributed by atoms with Crippen molar-refractivity contribution in [2.45, 2.75) is 6.92 Å². The highest BCUT2D eigenvalue weighted by Gasteiger charge is 2.04. The van der Waals surface area contributed by atoms with Crippen LogP contribution in [-0.2, 0) is 4.79 Å². The Morgan fingerprint density at radius 3 is 2.77 bits per heavy atom. The van der Waals surface area contributed by atoms with E-state index >= 15 is 0 Å². The van der Waals surface area contributed by atoms with Gasteiger partial charge in [0.25, 0.3) is 0 Å². The number of nitrogens with zero attached hydrogens (tertiary/aromatic N) is 1. The molecule has 13 heavy (non-hydrogen) atoms. The molecule has 1 rings (SSSR count). The molecule has 0 fully saturated rings. The Morgan fingerprint density at radius 1 is 1.54 bits per heavy atom. The van der Waals surface area contributed by atoms with Crippen LogP contribution in [0.15, 0.2) is 23.4 Å². The zero-order chi connectivity index (χ0) is 9.84. The number of carbonyl (C=O) groups excluding carboxylic acids is 1. The highest BCUT2D eigenvalue weighted by molar-refractivity contribution is 5.92. The third-order valence-corrected chi connectivity index (χ3v) is 1.39. The number of hydrogen-bond acceptors (Lipinski definition) is 4. The monoisotopic (exact) mass is 180 g/mol. The molecule has 5 nitrogen and oxygen atoms in total. The molecule has 1 amide bonds. The fraction of sp³-hybridized carbons (Fsp3) is 0.125. The first kappa shape index (κ1) is 9.18. The van der Waals surface area contributed by atoms with Gasteiger partial charge in [0.2, 0.25) is 5.91 Å². The van der Waals surface area contributed by atoms with Crippen LogP contribution in [0.3, 0.4) is 0 Å². The van der Waals surface area contributed by atoms with Crippen molar-refractivity contribution in [3.05, 3.63) is 23.1 Å². The summed E-state index contributed by atoms with van der Waals surface area (Å²) in [7, 11) is 0. The van der Waals surface area contributed by atoms with Gasteiger partial charge in [-0.25, -0.2) is 0 Å². The zero-order valence-corrected chi connectivity index (χ0v) is 6.94. The van der Waals surface area contributed by atoms with Crippen LogP contribution in [-0.4, -0.2) is 11.0 Å². The number of hydrogen-bond donors (Lipinski definition) is 2. The molecule has 0 saturated heterocycles. The van der Waals surface area contributed by atoms with E-state index in [0.717, 1.165) is 0 Å². The summed E-state index contributed by atoms with van der Waals surface area (Å²) in [6, 6.07) is 3.91. The number of carbonyl (C=O) groups is 1. The molecule has 0 radical (unpaired) electrons. The van der Waals surface area contributed by atoms with Crippen molar-refractivity contribution in [1.29, 1.82) is 0 Å². The second kappa shape index (κ2) is 3.66. The van der Waals surface area contributed by atoms with E-state index in [4.69, 9.17) is 5.11 Å². The third-order valence-electron chi connectivity index (χ3n) is 1.39. The smallest absolute Gasteiger partial charge is 0.221 e. The van der Waals surface area contributed by atoms with Crippen LogP contribution in [0.2, 0.25) is 0 Å². The number of amides is 1. The molecular formula is C8H8N2O3. The van der Waals surface area contributed by atoms with Gasteiger partial charge in [0.05, 0.1) is 5.69 Å². The van der Waals surface area contributed by atoms with E-state index in [1.54, 1.807) is 0 Å². The van der Waals surface area contributed by atoms with Gasteiger partial charge in [0.15, 0.2) is 0 Å². The minimum atomic E-state index is -0.324. The fourth-order valence-corrected chi connectivity index (χ4v) is 0.893. The third kappa shape index (κ3) is 2.26. The average Bonchev–Trinajstić information content (AvgIpc) is 2.03. The number of phenols is 1. The summed E-state index contributed by atoms with van der Waals surface area (Å²) >= 11 is 0. The largest absolute Gasteiger partial charge is 0.508 e. The van der Waals surface area contributed by atoms with Crippen molar-refractivity contribution in [2.24, 2.45) is 5.18 Å². The van der Waals surface area contributed by atoms with Crippen LogP contribution in [0.25, 0.3) is 0 Å². The van der Waals surface area contributed by atoms with Gasteiger partial charge in [-0.15, -0.1) is 4.91 Å². The summed E-state index contributed by atoms with van der Waals surface area (Å²) in [6.07, 6.45) is 0. The lowest BCUT2D eigenvalue weighted by Crippen LogP contribution is -2.05. The number of phenolic OH excluding ortho intramolecular Hbond substituents is 1. The van der Waals surface area contributed by atoms with Gasteiger partial charge in [-0.1, -0.05) is 0 Å². The molecule has 1 aromatic rings. The van der Waals surface area contributed by atoms with E-state index in [2.05, 4.69) is 10.5 Å². The first-order valence-electron chi connectivity index (χ1n) is 3.57. The molecule has 0 aromatic heterocycles. The van der Waals surface area contributed by atoms with Crippen LogP contribution in [0.1, 0.15) is 6.92 Å². The van der Waals surface area contributed by atoms with Crippen LogP contribution in [0.5, 0.6) is 5.75 Å². The summed E-state index contributed by atoms with van der Waals surface area (Å²) < 4.78 is 0. The van der Waals surface area contributed by atoms with Crippen molar-refractivity contribution in [3.63, 3.8) is 0 Å². The first-order chi connectivity index (χ1) is 6.13. The number of rotatable bonds is 2. The maximum Gasteiger partial charge on any atom is 0.221 e. The standard InChI is InChI=1S/C8H8N2O3/c1-5(11)9-8-4-6(12)2-3-7(8)10-13/h2-4,12H,1H3,(H,9,11). The quantitative estimate of drug-likeness (QED) is 0.680. The van der Waals surface area contributed by atoms with Crippen molar-refractivity contribution in [2.75, 3.05) is 5.32 Å². The number of nitrogens with one attached hydrogen (secondary N) is 1. The SMILES string of the molecule is CC(=O)Nc1cc(O)ccc1N=O. The number of nitroso groups, excluding NO2 is 1. The van der Waals surface area contributed by atoms with Gasteiger partial charge in [0, 0.05) is 13.0 Å². The molecule has 0 heterocycles. The molecule has 0 aliphatic heterocycles. The molecule has 1 aromatic carbocycles. The Kier molecular flexibility index (Phi) is 2.59. The Labute approximate surface area is 74.4 Å². The number of aromatic hydroxyl groups is 1. The van der Waals surface area contributed by atoms with Crippen molar-refractivity contribution in [1.82, 2.24) is 0 Å². The first-order valence-corrected chi connectivity index (χ1v) is 3.57. The second-order valence-corrected chi connectivity index (χ2v) is 2.47. The van der Waals surface area contributed by atoms with Gasteiger partial charge in [-0.05, 0) is 17.3 Å². The minimum Gasteiger partial charge on any atom is -0.508 e. The summed E-state index contributed by atoms with van der Waals surface area (Å²) in [5.74, 6) is -0.355. The average molecular weight is 180 g/mol. The van der Waals surface area contributed by atoms with E-state index < -0.39 is 0 Å². The predicted molar refractivity (Wildman–Crippen MR) is 47.9 cm³/mol. The topological polar surface area (TPSA) is 78.8 Å².